The molecule has 30 heavy (non-hydrogen) atoms. The molecular formula is C23H25FN2O3S. The van der Waals surface area contributed by atoms with E-state index in [-0.39, 0.29) is 30.7 Å². The average Bonchev–Trinajstić information content (AvgIpc) is 3.40. The zero-order valence-electron chi connectivity index (χ0n) is 17.1. The Morgan fingerprint density at radius 1 is 1.03 bits per heavy atom. The summed E-state index contributed by atoms with van der Waals surface area (Å²) < 4.78 is 18.9. The smallest absolute Gasteiger partial charge is 0.264 e. The van der Waals surface area contributed by atoms with Gasteiger partial charge < -0.3 is 14.2 Å². The highest BCUT2D eigenvalue weighted by molar-refractivity contribution is 7.12. The maximum atomic E-state index is 13.3. The largest absolute Gasteiger partial charge is 0.464 e. The van der Waals surface area contributed by atoms with Crippen molar-refractivity contribution >= 4 is 23.2 Å². The Kier molecular flexibility index (Phi) is 7.41. The Morgan fingerprint density at radius 2 is 1.80 bits per heavy atom. The van der Waals surface area contributed by atoms with Gasteiger partial charge >= 0.3 is 0 Å². The molecule has 0 N–H and O–H groups in total. The van der Waals surface area contributed by atoms with Gasteiger partial charge in [-0.25, -0.2) is 4.39 Å². The Balaban J connectivity index is 1.78. The summed E-state index contributed by atoms with van der Waals surface area (Å²) >= 11 is 1.36. The summed E-state index contributed by atoms with van der Waals surface area (Å²) in [6.45, 7) is 4.86. The van der Waals surface area contributed by atoms with Crippen LogP contribution in [0.25, 0.3) is 0 Å². The van der Waals surface area contributed by atoms with E-state index in [1.807, 2.05) is 37.4 Å². The van der Waals surface area contributed by atoms with Gasteiger partial charge in [0.05, 0.1) is 11.4 Å². The fourth-order valence-electron chi connectivity index (χ4n) is 3.14. The molecule has 0 fully saturated rings. The molecule has 2 amide bonds. The van der Waals surface area contributed by atoms with Crippen molar-refractivity contribution in [2.75, 3.05) is 13.1 Å². The van der Waals surface area contributed by atoms with Gasteiger partial charge in [-0.15, -0.1) is 11.3 Å². The van der Waals surface area contributed by atoms with E-state index < -0.39 is 0 Å². The predicted octanol–water partition coefficient (Wildman–Crippen LogP) is 4.87. The molecule has 0 bridgehead atoms. The van der Waals surface area contributed by atoms with Gasteiger partial charge in [0, 0.05) is 13.1 Å². The van der Waals surface area contributed by atoms with Gasteiger partial charge in [0.25, 0.3) is 5.91 Å². The number of hydrogen-bond acceptors (Lipinski definition) is 4. The molecule has 0 atom stereocenters. The lowest BCUT2D eigenvalue weighted by Gasteiger charge is -2.27. The zero-order chi connectivity index (χ0) is 21.5. The minimum atomic E-state index is -0.325. The Labute approximate surface area is 179 Å². The normalized spacial score (nSPS) is 10.8. The SMILES string of the molecule is CCCN(CC(=O)N(Cc1ccc(F)cc1)Cc1ccc(C)o1)C(=O)c1cccs1. The topological polar surface area (TPSA) is 53.8 Å². The predicted molar refractivity (Wildman–Crippen MR) is 115 cm³/mol. The molecule has 3 aromatic rings. The highest BCUT2D eigenvalue weighted by Crippen LogP contribution is 2.16. The third kappa shape index (κ3) is 5.79. The highest BCUT2D eigenvalue weighted by Gasteiger charge is 2.23. The number of amides is 2. The minimum Gasteiger partial charge on any atom is -0.464 e. The quantitative estimate of drug-likeness (QED) is 0.489. The number of halogens is 1. The minimum absolute atomic E-state index is 0.0224. The van der Waals surface area contributed by atoms with Gasteiger partial charge in [0.15, 0.2) is 0 Å². The van der Waals surface area contributed by atoms with Gasteiger partial charge in [-0.05, 0) is 54.6 Å². The lowest BCUT2D eigenvalue weighted by molar-refractivity contribution is -0.133. The van der Waals surface area contributed by atoms with Crippen molar-refractivity contribution in [3.8, 4) is 0 Å². The molecule has 2 heterocycles. The third-order valence-electron chi connectivity index (χ3n) is 4.62. The van der Waals surface area contributed by atoms with Gasteiger partial charge in [0.2, 0.25) is 5.91 Å². The Morgan fingerprint density at radius 3 is 2.40 bits per heavy atom. The number of hydrogen-bond donors (Lipinski definition) is 0. The fraction of sp³-hybridized carbons (Fsp3) is 0.304. The van der Waals surface area contributed by atoms with E-state index in [1.165, 1.54) is 23.5 Å². The van der Waals surface area contributed by atoms with Crippen LogP contribution in [0.4, 0.5) is 4.39 Å². The molecule has 0 aliphatic carbocycles. The van der Waals surface area contributed by atoms with E-state index in [4.69, 9.17) is 4.42 Å². The summed E-state index contributed by atoms with van der Waals surface area (Å²) in [6, 6.07) is 13.3. The van der Waals surface area contributed by atoms with Crippen LogP contribution in [-0.2, 0) is 17.9 Å². The maximum Gasteiger partial charge on any atom is 0.264 e. The Bertz CT molecular complexity index is 967. The van der Waals surface area contributed by atoms with Crippen molar-refractivity contribution in [3.63, 3.8) is 0 Å². The van der Waals surface area contributed by atoms with Gasteiger partial charge in [-0.1, -0.05) is 25.1 Å². The number of carbonyl (C=O) groups is 2. The second-order valence-electron chi connectivity index (χ2n) is 7.09. The second-order valence-corrected chi connectivity index (χ2v) is 8.04. The van der Waals surface area contributed by atoms with Crippen molar-refractivity contribution in [1.29, 1.82) is 0 Å². The van der Waals surface area contributed by atoms with Crippen molar-refractivity contribution < 1.29 is 18.4 Å². The number of nitrogens with zero attached hydrogens (tertiary/aromatic N) is 2. The number of thiophene rings is 1. The van der Waals surface area contributed by atoms with Crippen molar-refractivity contribution in [3.05, 3.63) is 81.7 Å². The molecule has 0 saturated heterocycles. The van der Waals surface area contributed by atoms with Crippen molar-refractivity contribution in [2.45, 2.75) is 33.4 Å². The van der Waals surface area contributed by atoms with E-state index >= 15 is 0 Å². The number of aryl methyl sites for hydroxylation is 1. The molecule has 1 aromatic carbocycles. The van der Waals surface area contributed by atoms with Crippen LogP contribution >= 0.6 is 11.3 Å². The maximum absolute atomic E-state index is 13.3. The molecule has 5 nitrogen and oxygen atoms in total. The molecule has 0 spiro atoms. The summed E-state index contributed by atoms with van der Waals surface area (Å²) in [4.78, 5) is 29.9. The van der Waals surface area contributed by atoms with Crippen LogP contribution in [0, 0.1) is 12.7 Å². The lowest BCUT2D eigenvalue weighted by Crippen LogP contribution is -2.42. The summed E-state index contributed by atoms with van der Waals surface area (Å²) in [5, 5.41) is 1.85. The summed E-state index contributed by atoms with van der Waals surface area (Å²) in [5.41, 5.74) is 0.805. The van der Waals surface area contributed by atoms with Gasteiger partial charge in [-0.3, -0.25) is 9.59 Å². The number of rotatable bonds is 9. The molecule has 158 valence electrons. The van der Waals surface area contributed by atoms with Crippen molar-refractivity contribution in [1.82, 2.24) is 9.80 Å². The summed E-state index contributed by atoms with van der Waals surface area (Å²) in [7, 11) is 0. The number of furan rings is 1. The molecule has 0 saturated carbocycles. The van der Waals surface area contributed by atoms with E-state index in [9.17, 15) is 14.0 Å². The van der Waals surface area contributed by atoms with Crippen LogP contribution in [0.1, 0.15) is 40.1 Å². The van der Waals surface area contributed by atoms with Gasteiger partial charge in [-0.2, -0.15) is 0 Å². The van der Waals surface area contributed by atoms with E-state index in [0.717, 1.165) is 17.7 Å². The Hall–Kier alpha value is -2.93. The van der Waals surface area contributed by atoms with E-state index in [1.54, 1.807) is 28.0 Å². The zero-order valence-corrected chi connectivity index (χ0v) is 18.0. The number of carbonyl (C=O) groups excluding carboxylic acids is 2. The first-order chi connectivity index (χ1) is 14.5. The fourth-order valence-corrected chi connectivity index (χ4v) is 3.83. The average molecular weight is 429 g/mol. The first-order valence-corrected chi connectivity index (χ1v) is 10.7. The van der Waals surface area contributed by atoms with Crippen LogP contribution in [0.5, 0.6) is 0 Å². The molecular weight excluding hydrogens is 403 g/mol. The van der Waals surface area contributed by atoms with Crippen LogP contribution in [0.3, 0.4) is 0 Å². The van der Waals surface area contributed by atoms with Gasteiger partial charge in [0.1, 0.15) is 23.9 Å². The second kappa shape index (κ2) is 10.2. The summed E-state index contributed by atoms with van der Waals surface area (Å²) in [6.07, 6.45) is 0.750. The van der Waals surface area contributed by atoms with Crippen molar-refractivity contribution in [2.24, 2.45) is 0 Å². The molecule has 7 heteroatoms. The number of benzene rings is 1. The lowest BCUT2D eigenvalue weighted by atomic mass is 10.2. The first kappa shape index (κ1) is 21.8. The van der Waals surface area contributed by atoms with Crippen LogP contribution < -0.4 is 0 Å². The molecule has 0 aliphatic heterocycles. The molecule has 0 radical (unpaired) electrons. The highest BCUT2D eigenvalue weighted by atomic mass is 32.1. The molecule has 2 aromatic heterocycles. The molecule has 0 unspecified atom stereocenters. The standard InChI is InChI=1S/C23H25FN2O3S/c1-3-12-25(23(28)21-5-4-13-30-21)16-22(27)26(15-20-11-6-17(2)29-20)14-18-7-9-19(24)10-8-18/h4-11,13H,3,12,14-16H2,1-2H3. The van der Waals surface area contributed by atoms with Crippen LogP contribution in [-0.4, -0.2) is 34.7 Å². The third-order valence-corrected chi connectivity index (χ3v) is 5.48. The summed E-state index contributed by atoms with van der Waals surface area (Å²) in [5.74, 6) is 0.769. The first-order valence-electron chi connectivity index (χ1n) is 9.86. The monoisotopic (exact) mass is 428 g/mol. The molecule has 3 rings (SSSR count). The molecule has 0 aliphatic rings. The van der Waals surface area contributed by atoms with E-state index in [2.05, 4.69) is 0 Å². The van der Waals surface area contributed by atoms with E-state index in [0.29, 0.717) is 23.7 Å². The van der Waals surface area contributed by atoms with Crippen LogP contribution in [0.15, 0.2) is 58.3 Å². The van der Waals surface area contributed by atoms with Crippen LogP contribution in [0.2, 0.25) is 0 Å².